The van der Waals surface area contributed by atoms with Gasteiger partial charge in [0.2, 0.25) is 5.75 Å². The highest BCUT2D eigenvalue weighted by Crippen LogP contribution is 2.45. The molecule has 0 N–H and O–H groups in total. The Morgan fingerprint density at radius 1 is 0.846 bits per heavy atom. The van der Waals surface area contributed by atoms with Crippen LogP contribution in [-0.2, 0) is 4.79 Å². The zero-order valence-electron chi connectivity index (χ0n) is 22.7. The number of carbonyl (C=O) groups excluding carboxylic acids is 1. The van der Waals surface area contributed by atoms with E-state index in [1.54, 1.807) is 45.4 Å². The largest absolute Gasteiger partial charge is 0.496 e. The number of hydrogen-bond donors (Lipinski definition) is 0. The van der Waals surface area contributed by atoms with Gasteiger partial charge in [0.05, 0.1) is 19.1 Å². The number of nitro groups is 1. The summed E-state index contributed by atoms with van der Waals surface area (Å²) in [6.45, 7) is 8.20. The molecule has 1 aliphatic carbocycles. The Bertz CT molecular complexity index is 1650. The molecule has 1 heterocycles. The van der Waals surface area contributed by atoms with E-state index in [1.165, 1.54) is 6.07 Å². The third-order valence-electron chi connectivity index (χ3n) is 7.39. The van der Waals surface area contributed by atoms with E-state index in [0.717, 1.165) is 49.5 Å². The SMILES string of the molecule is COc1cc(OC)c(C2=C3C=CC(=O)C=C3[Si](C)(C)c3cc(Oc4ccc(C)cc4[N+](=O)[O-])ccc32)cc1C. The van der Waals surface area contributed by atoms with Crippen LogP contribution >= 0.6 is 0 Å². The van der Waals surface area contributed by atoms with Crippen LogP contribution in [0.1, 0.15) is 22.3 Å². The number of nitro benzene ring substituents is 1. The number of carbonyl (C=O) groups is 1. The predicted octanol–water partition coefficient (Wildman–Crippen LogP) is 6.36. The minimum atomic E-state index is -2.39. The van der Waals surface area contributed by atoms with Gasteiger partial charge < -0.3 is 14.2 Å². The first-order valence-electron chi connectivity index (χ1n) is 12.5. The molecule has 198 valence electrons. The number of benzene rings is 3. The molecule has 0 bridgehead atoms. The smallest absolute Gasteiger partial charge is 0.311 e. The molecule has 0 radical (unpaired) electrons. The Morgan fingerprint density at radius 2 is 1.59 bits per heavy atom. The van der Waals surface area contributed by atoms with Crippen molar-refractivity contribution in [3.63, 3.8) is 0 Å². The van der Waals surface area contributed by atoms with Crippen LogP contribution in [0.3, 0.4) is 0 Å². The Kier molecular flexibility index (Phi) is 6.52. The number of nitrogens with zero attached hydrogens (tertiary/aromatic N) is 1. The highest BCUT2D eigenvalue weighted by molar-refractivity contribution is 6.98. The fourth-order valence-corrected chi connectivity index (χ4v) is 8.46. The van der Waals surface area contributed by atoms with Crippen LogP contribution in [0.15, 0.2) is 77.5 Å². The molecule has 0 atom stereocenters. The van der Waals surface area contributed by atoms with Crippen LogP contribution in [0, 0.1) is 24.0 Å². The molecule has 0 spiro atoms. The lowest BCUT2D eigenvalue weighted by Gasteiger charge is -2.38. The lowest BCUT2D eigenvalue weighted by molar-refractivity contribution is -0.385. The molecule has 0 amide bonds. The van der Waals surface area contributed by atoms with Crippen LogP contribution in [0.4, 0.5) is 5.69 Å². The number of methoxy groups -OCH3 is 2. The molecule has 0 fully saturated rings. The van der Waals surface area contributed by atoms with Gasteiger partial charge in [-0.05, 0) is 88.5 Å². The number of aryl methyl sites for hydroxylation is 2. The lowest BCUT2D eigenvalue weighted by atomic mass is 9.88. The van der Waals surface area contributed by atoms with Crippen molar-refractivity contribution in [3.8, 4) is 23.0 Å². The van der Waals surface area contributed by atoms with Crippen molar-refractivity contribution in [3.05, 3.63) is 110 Å². The maximum Gasteiger partial charge on any atom is 0.311 e. The molecule has 0 saturated carbocycles. The molecule has 0 saturated heterocycles. The summed E-state index contributed by atoms with van der Waals surface area (Å²) in [6, 6.07) is 14.6. The van der Waals surface area contributed by atoms with Crippen molar-refractivity contribution in [1.29, 1.82) is 0 Å². The van der Waals surface area contributed by atoms with Crippen LogP contribution in [-0.4, -0.2) is 33.0 Å². The summed E-state index contributed by atoms with van der Waals surface area (Å²) in [4.78, 5) is 23.8. The summed E-state index contributed by atoms with van der Waals surface area (Å²) in [6.07, 6.45) is 5.25. The average Bonchev–Trinajstić information content (AvgIpc) is 2.90. The van der Waals surface area contributed by atoms with Gasteiger partial charge in [-0.15, -0.1) is 0 Å². The maximum absolute atomic E-state index is 12.6. The van der Waals surface area contributed by atoms with Gasteiger partial charge in [0.25, 0.3) is 0 Å². The molecule has 2 aliphatic rings. The fraction of sp³-hybridized carbons (Fsp3) is 0.194. The van der Waals surface area contributed by atoms with E-state index < -0.39 is 13.0 Å². The van der Waals surface area contributed by atoms with Crippen molar-refractivity contribution < 1.29 is 23.9 Å². The number of ketones is 1. The van der Waals surface area contributed by atoms with Crippen molar-refractivity contribution in [2.75, 3.05) is 14.2 Å². The molecule has 39 heavy (non-hydrogen) atoms. The topological polar surface area (TPSA) is 87.9 Å². The predicted molar refractivity (Wildman–Crippen MR) is 154 cm³/mol. The zero-order valence-corrected chi connectivity index (χ0v) is 23.7. The molecule has 3 aromatic rings. The van der Waals surface area contributed by atoms with Gasteiger partial charge in [-0.2, -0.15) is 0 Å². The van der Waals surface area contributed by atoms with Gasteiger partial charge in [0.15, 0.2) is 5.78 Å². The second-order valence-corrected chi connectivity index (χ2v) is 14.6. The van der Waals surface area contributed by atoms with Gasteiger partial charge in [-0.25, -0.2) is 0 Å². The average molecular weight is 540 g/mol. The standard InChI is InChI=1S/C31H29NO6Si/c1-18-7-12-26(25(13-18)32(34)35)38-21-9-11-23-30(16-21)39(5,6)29-15-20(33)8-10-22(29)31(23)24-14-19(2)27(36-3)17-28(24)37-4/h7-17H,1-6H3. The molecule has 3 aromatic carbocycles. The Morgan fingerprint density at radius 3 is 2.28 bits per heavy atom. The first-order chi connectivity index (χ1) is 18.5. The zero-order chi connectivity index (χ0) is 28.1. The number of ether oxygens (including phenoxy) is 3. The van der Waals surface area contributed by atoms with Crippen LogP contribution in [0.2, 0.25) is 13.1 Å². The molecule has 0 aromatic heterocycles. The van der Waals surface area contributed by atoms with Gasteiger partial charge in [0.1, 0.15) is 25.3 Å². The number of allylic oxidation sites excluding steroid dienone is 5. The maximum atomic E-state index is 12.6. The van der Waals surface area contributed by atoms with E-state index in [-0.39, 0.29) is 17.2 Å². The first-order valence-corrected chi connectivity index (χ1v) is 15.5. The Hall–Kier alpha value is -4.43. The molecule has 7 nitrogen and oxygen atoms in total. The summed E-state index contributed by atoms with van der Waals surface area (Å²) >= 11 is 0. The highest BCUT2D eigenvalue weighted by Gasteiger charge is 2.40. The van der Waals surface area contributed by atoms with Crippen LogP contribution < -0.4 is 19.4 Å². The van der Waals surface area contributed by atoms with Crippen LogP contribution in [0.25, 0.3) is 5.57 Å². The minimum absolute atomic E-state index is 0.0438. The number of rotatable bonds is 6. The quantitative estimate of drug-likeness (QED) is 0.206. The Labute approximate surface area is 228 Å². The van der Waals surface area contributed by atoms with E-state index in [1.807, 2.05) is 43.3 Å². The van der Waals surface area contributed by atoms with Crippen molar-refractivity contribution in [1.82, 2.24) is 0 Å². The van der Waals surface area contributed by atoms with Crippen molar-refractivity contribution in [2.24, 2.45) is 0 Å². The van der Waals surface area contributed by atoms with Gasteiger partial charge in [-0.1, -0.05) is 31.3 Å². The fourth-order valence-electron chi connectivity index (χ4n) is 5.40. The van der Waals surface area contributed by atoms with E-state index in [2.05, 4.69) is 13.1 Å². The van der Waals surface area contributed by atoms with Crippen molar-refractivity contribution in [2.45, 2.75) is 26.9 Å². The first kappa shape index (κ1) is 26.2. The third kappa shape index (κ3) is 4.46. The molecule has 0 unspecified atom stereocenters. The number of fused-ring (bicyclic) bond motifs is 2. The summed E-state index contributed by atoms with van der Waals surface area (Å²) in [7, 11) is 0.867. The number of hydrogen-bond acceptors (Lipinski definition) is 6. The lowest BCUT2D eigenvalue weighted by Crippen LogP contribution is -2.49. The molecule has 8 heteroatoms. The molecular weight excluding hydrogens is 510 g/mol. The summed E-state index contributed by atoms with van der Waals surface area (Å²) in [5, 5.41) is 13.8. The third-order valence-corrected chi connectivity index (χ3v) is 10.9. The van der Waals surface area contributed by atoms with Gasteiger partial charge in [0, 0.05) is 17.7 Å². The monoisotopic (exact) mass is 539 g/mol. The normalized spacial score (nSPS) is 15.3. The molecule has 1 aliphatic heterocycles. The summed E-state index contributed by atoms with van der Waals surface area (Å²) in [5.41, 5.74) is 5.53. The second-order valence-electron chi connectivity index (χ2n) is 10.3. The van der Waals surface area contributed by atoms with Crippen LogP contribution in [0.5, 0.6) is 23.0 Å². The molecular formula is C31H29NO6Si. The second kappa shape index (κ2) is 9.70. The highest BCUT2D eigenvalue weighted by atomic mass is 28.3. The Balaban J connectivity index is 1.74. The van der Waals surface area contributed by atoms with E-state index >= 15 is 0 Å². The van der Waals surface area contributed by atoms with E-state index in [9.17, 15) is 14.9 Å². The van der Waals surface area contributed by atoms with Crippen molar-refractivity contribution >= 4 is 30.3 Å². The summed E-state index contributed by atoms with van der Waals surface area (Å²) < 4.78 is 17.4. The minimum Gasteiger partial charge on any atom is -0.496 e. The molecule has 5 rings (SSSR count). The van der Waals surface area contributed by atoms with E-state index in [0.29, 0.717) is 11.5 Å². The van der Waals surface area contributed by atoms with E-state index in [4.69, 9.17) is 14.2 Å². The summed E-state index contributed by atoms with van der Waals surface area (Å²) in [5.74, 6) is 2.02. The van der Waals surface area contributed by atoms with Gasteiger partial charge in [-0.3, -0.25) is 14.9 Å². The van der Waals surface area contributed by atoms with Gasteiger partial charge >= 0.3 is 5.69 Å².